The first kappa shape index (κ1) is 15.8. The standard InChI is InChI=1S/C11H15F3N4O2S/c12-11(13,14)7-4-9(17-10(5-7)18-15)16-8-2-1-3-21(19,20)6-8/h4-5,8H,1-3,6,15H2,(H2,16,17,18). The summed E-state index contributed by atoms with van der Waals surface area (Å²) in [4.78, 5) is 3.87. The van der Waals surface area contributed by atoms with E-state index >= 15 is 0 Å². The van der Waals surface area contributed by atoms with E-state index in [2.05, 4.69) is 15.7 Å². The van der Waals surface area contributed by atoms with Crippen LogP contribution in [0, 0.1) is 0 Å². The molecule has 2 heterocycles. The summed E-state index contributed by atoms with van der Waals surface area (Å²) in [6.07, 6.45) is -3.51. The number of hydrogen-bond acceptors (Lipinski definition) is 6. The first-order chi connectivity index (χ1) is 9.69. The number of sulfone groups is 1. The molecular weight excluding hydrogens is 309 g/mol. The number of pyridine rings is 1. The van der Waals surface area contributed by atoms with Gasteiger partial charge in [0, 0.05) is 6.04 Å². The third-order valence-electron chi connectivity index (χ3n) is 3.12. The Morgan fingerprint density at radius 1 is 1.29 bits per heavy atom. The average molecular weight is 324 g/mol. The minimum Gasteiger partial charge on any atom is -0.366 e. The predicted octanol–water partition coefficient (Wildman–Crippen LogP) is 1.38. The van der Waals surface area contributed by atoms with Crippen LogP contribution in [-0.2, 0) is 16.0 Å². The first-order valence-electron chi connectivity index (χ1n) is 6.22. The van der Waals surface area contributed by atoms with Crippen LogP contribution in [0.3, 0.4) is 0 Å². The summed E-state index contributed by atoms with van der Waals surface area (Å²) in [7, 11) is -3.16. The van der Waals surface area contributed by atoms with E-state index in [1.165, 1.54) is 0 Å². The molecule has 1 fully saturated rings. The molecule has 21 heavy (non-hydrogen) atoms. The van der Waals surface area contributed by atoms with Crippen molar-refractivity contribution < 1.29 is 21.6 Å². The van der Waals surface area contributed by atoms with Gasteiger partial charge in [0.1, 0.15) is 11.6 Å². The minimum absolute atomic E-state index is 0.0557. The van der Waals surface area contributed by atoms with Crippen LogP contribution in [0.1, 0.15) is 18.4 Å². The normalized spacial score (nSPS) is 21.8. The number of nitrogens with two attached hydrogens (primary N) is 1. The number of hydrogen-bond donors (Lipinski definition) is 3. The SMILES string of the molecule is NNc1cc(C(F)(F)F)cc(NC2CCCS(=O)(=O)C2)n1. The van der Waals surface area contributed by atoms with Crippen LogP contribution in [0.15, 0.2) is 12.1 Å². The van der Waals surface area contributed by atoms with Gasteiger partial charge in [0.2, 0.25) is 0 Å². The molecule has 0 radical (unpaired) electrons. The number of nitrogens with one attached hydrogen (secondary N) is 2. The topological polar surface area (TPSA) is 97.1 Å². The van der Waals surface area contributed by atoms with Gasteiger partial charge >= 0.3 is 6.18 Å². The molecule has 1 aromatic heterocycles. The lowest BCUT2D eigenvalue weighted by molar-refractivity contribution is -0.137. The lowest BCUT2D eigenvalue weighted by atomic mass is 10.2. The van der Waals surface area contributed by atoms with Gasteiger partial charge in [0.15, 0.2) is 9.84 Å². The molecule has 0 saturated carbocycles. The van der Waals surface area contributed by atoms with E-state index in [0.717, 1.165) is 12.1 Å². The predicted molar refractivity (Wildman–Crippen MR) is 72.3 cm³/mol. The zero-order valence-electron chi connectivity index (χ0n) is 10.9. The van der Waals surface area contributed by atoms with Crippen molar-refractivity contribution in [2.45, 2.75) is 25.1 Å². The fraction of sp³-hybridized carbons (Fsp3) is 0.545. The van der Waals surface area contributed by atoms with Gasteiger partial charge in [0.25, 0.3) is 0 Å². The van der Waals surface area contributed by atoms with Gasteiger partial charge in [-0.3, -0.25) is 0 Å². The smallest absolute Gasteiger partial charge is 0.366 e. The zero-order chi connectivity index (χ0) is 15.7. The maximum Gasteiger partial charge on any atom is 0.416 e. The van der Waals surface area contributed by atoms with Crippen molar-refractivity contribution in [2.75, 3.05) is 22.2 Å². The summed E-state index contributed by atoms with van der Waals surface area (Å²) >= 11 is 0. The number of nitrogens with zero attached hydrogens (tertiary/aromatic N) is 1. The number of rotatable bonds is 3. The van der Waals surface area contributed by atoms with E-state index in [-0.39, 0.29) is 23.1 Å². The van der Waals surface area contributed by atoms with Crippen molar-refractivity contribution >= 4 is 21.5 Å². The Kier molecular flexibility index (Phi) is 4.28. The molecule has 10 heteroatoms. The number of alkyl halides is 3. The highest BCUT2D eigenvalue weighted by atomic mass is 32.2. The van der Waals surface area contributed by atoms with Crippen LogP contribution >= 0.6 is 0 Å². The van der Waals surface area contributed by atoms with E-state index in [1.807, 2.05) is 0 Å². The molecule has 6 nitrogen and oxygen atoms in total. The number of anilines is 2. The van der Waals surface area contributed by atoms with Gasteiger partial charge in [-0.2, -0.15) is 13.2 Å². The van der Waals surface area contributed by atoms with Crippen LogP contribution in [0.4, 0.5) is 24.8 Å². The third kappa shape index (κ3) is 4.21. The van der Waals surface area contributed by atoms with Crippen molar-refractivity contribution in [2.24, 2.45) is 5.84 Å². The zero-order valence-corrected chi connectivity index (χ0v) is 11.8. The highest BCUT2D eigenvalue weighted by molar-refractivity contribution is 7.91. The fourth-order valence-electron chi connectivity index (χ4n) is 2.19. The van der Waals surface area contributed by atoms with Crippen molar-refractivity contribution in [3.63, 3.8) is 0 Å². The second-order valence-corrected chi connectivity index (χ2v) is 7.09. The summed E-state index contributed by atoms with van der Waals surface area (Å²) in [5, 5.41) is 2.74. The second-order valence-electron chi connectivity index (χ2n) is 4.87. The molecule has 1 aromatic rings. The lowest BCUT2D eigenvalue weighted by Crippen LogP contribution is -2.35. The first-order valence-corrected chi connectivity index (χ1v) is 8.04. The van der Waals surface area contributed by atoms with E-state index < -0.39 is 27.6 Å². The Balaban J connectivity index is 2.23. The van der Waals surface area contributed by atoms with Crippen LogP contribution in [0.5, 0.6) is 0 Å². The molecule has 1 saturated heterocycles. The Morgan fingerprint density at radius 2 is 1.95 bits per heavy atom. The summed E-state index contributed by atoms with van der Waals surface area (Å²) in [6, 6.07) is 1.16. The summed E-state index contributed by atoms with van der Waals surface area (Å²) in [5.41, 5.74) is 1.15. The van der Waals surface area contributed by atoms with Crippen LogP contribution in [-0.4, -0.2) is 30.9 Å². The van der Waals surface area contributed by atoms with Crippen molar-refractivity contribution in [1.82, 2.24) is 4.98 Å². The van der Waals surface area contributed by atoms with Crippen molar-refractivity contribution in [1.29, 1.82) is 0 Å². The summed E-state index contributed by atoms with van der Waals surface area (Å²) in [5.74, 6) is 4.89. The molecule has 0 aliphatic carbocycles. The molecule has 0 bridgehead atoms. The van der Waals surface area contributed by atoms with E-state index in [4.69, 9.17) is 5.84 Å². The Labute approximate surface area is 119 Å². The largest absolute Gasteiger partial charge is 0.416 e. The van der Waals surface area contributed by atoms with E-state index in [1.54, 1.807) is 0 Å². The molecule has 1 unspecified atom stereocenters. The van der Waals surface area contributed by atoms with Gasteiger partial charge in [-0.15, -0.1) is 0 Å². The third-order valence-corrected chi connectivity index (χ3v) is 4.94. The van der Waals surface area contributed by atoms with Crippen LogP contribution in [0.2, 0.25) is 0 Å². The second kappa shape index (κ2) is 5.68. The quantitative estimate of drug-likeness (QED) is 0.574. The van der Waals surface area contributed by atoms with Gasteiger partial charge in [-0.05, 0) is 25.0 Å². The maximum absolute atomic E-state index is 12.8. The fourth-order valence-corrected chi connectivity index (χ4v) is 3.82. The van der Waals surface area contributed by atoms with Crippen molar-refractivity contribution in [3.05, 3.63) is 17.7 Å². The molecule has 1 aliphatic heterocycles. The molecule has 1 atom stereocenters. The van der Waals surface area contributed by atoms with E-state index in [9.17, 15) is 21.6 Å². The summed E-state index contributed by atoms with van der Waals surface area (Å²) in [6.45, 7) is 0. The Bertz CT molecular complexity index is 618. The average Bonchev–Trinajstić information content (AvgIpc) is 2.36. The highest BCUT2D eigenvalue weighted by Gasteiger charge is 2.32. The molecule has 0 aromatic carbocycles. The number of aromatic nitrogens is 1. The number of hydrazine groups is 1. The number of halogens is 3. The lowest BCUT2D eigenvalue weighted by Gasteiger charge is -2.24. The molecule has 118 valence electrons. The Hall–Kier alpha value is -1.55. The van der Waals surface area contributed by atoms with Gasteiger partial charge in [0.05, 0.1) is 17.1 Å². The van der Waals surface area contributed by atoms with Gasteiger partial charge in [-0.1, -0.05) is 0 Å². The molecule has 0 spiro atoms. The van der Waals surface area contributed by atoms with Gasteiger partial charge in [-0.25, -0.2) is 19.2 Å². The minimum atomic E-state index is -4.54. The Morgan fingerprint density at radius 3 is 2.52 bits per heavy atom. The summed E-state index contributed by atoms with van der Waals surface area (Å²) < 4.78 is 61.4. The molecule has 2 rings (SSSR count). The van der Waals surface area contributed by atoms with Gasteiger partial charge < -0.3 is 10.7 Å². The monoisotopic (exact) mass is 324 g/mol. The van der Waals surface area contributed by atoms with Crippen LogP contribution in [0.25, 0.3) is 0 Å². The van der Waals surface area contributed by atoms with E-state index in [0.29, 0.717) is 12.8 Å². The molecular formula is C11H15F3N4O2S. The maximum atomic E-state index is 12.8. The molecule has 0 amide bonds. The number of nitrogen functional groups attached to an aromatic ring is 1. The molecule has 4 N–H and O–H groups in total. The van der Waals surface area contributed by atoms with Crippen LogP contribution < -0.4 is 16.6 Å². The molecule has 1 aliphatic rings. The highest BCUT2D eigenvalue weighted by Crippen LogP contribution is 2.32. The van der Waals surface area contributed by atoms with Crippen molar-refractivity contribution in [3.8, 4) is 0 Å².